The molecule has 1 aromatic heterocycles. The molecule has 2 rings (SSSR count). The van der Waals surface area contributed by atoms with Gasteiger partial charge in [-0.3, -0.25) is 0 Å². The summed E-state index contributed by atoms with van der Waals surface area (Å²) in [5, 5.41) is 7.24. The molecule has 1 unspecified atom stereocenters. The zero-order chi connectivity index (χ0) is 15.5. The van der Waals surface area contributed by atoms with Crippen LogP contribution in [0.25, 0.3) is 0 Å². The number of nitrogens with one attached hydrogen (secondary N) is 2. The lowest BCUT2D eigenvalue weighted by atomic mass is 10.1. The smallest absolute Gasteiger partial charge is 0.212 e. The summed E-state index contributed by atoms with van der Waals surface area (Å²) in [5.41, 5.74) is 1.56. The summed E-state index contributed by atoms with van der Waals surface area (Å²) in [6.45, 7) is 6.34. The van der Waals surface area contributed by atoms with Gasteiger partial charge < -0.3 is 9.84 Å². The predicted molar refractivity (Wildman–Crippen MR) is 81.6 cm³/mol. The molecule has 6 nitrogen and oxygen atoms in total. The third-order valence-electron chi connectivity index (χ3n) is 3.73. The molecule has 120 valence electrons. The van der Waals surface area contributed by atoms with E-state index in [0.717, 1.165) is 24.2 Å². The van der Waals surface area contributed by atoms with Crippen molar-refractivity contribution < 1.29 is 12.9 Å². The Hall–Kier alpha value is -0.920. The second-order valence-corrected chi connectivity index (χ2v) is 7.71. The lowest BCUT2D eigenvalue weighted by Gasteiger charge is -2.14. The highest BCUT2D eigenvalue weighted by atomic mass is 32.2. The normalized spacial score (nSPS) is 17.1. The van der Waals surface area contributed by atoms with E-state index >= 15 is 0 Å². The van der Waals surface area contributed by atoms with Gasteiger partial charge in [-0.05, 0) is 53.0 Å². The number of aryl methyl sites for hydroxylation is 2. The summed E-state index contributed by atoms with van der Waals surface area (Å²) in [6, 6.07) is 0.366. The van der Waals surface area contributed by atoms with Gasteiger partial charge >= 0.3 is 0 Å². The van der Waals surface area contributed by atoms with Crippen LogP contribution in [0.3, 0.4) is 0 Å². The first kappa shape index (κ1) is 16.5. The Morgan fingerprint density at radius 3 is 2.62 bits per heavy atom. The van der Waals surface area contributed by atoms with Crippen molar-refractivity contribution in [3.63, 3.8) is 0 Å². The van der Waals surface area contributed by atoms with Gasteiger partial charge in [0.2, 0.25) is 10.0 Å². The lowest BCUT2D eigenvalue weighted by Crippen LogP contribution is -2.30. The molecule has 0 aromatic carbocycles. The van der Waals surface area contributed by atoms with Crippen molar-refractivity contribution in [2.24, 2.45) is 0 Å². The average Bonchev–Trinajstić information content (AvgIpc) is 3.13. The van der Waals surface area contributed by atoms with Crippen molar-refractivity contribution in [3.8, 4) is 0 Å². The molecular formula is C14H25N3O3S. The Kier molecular flexibility index (Phi) is 5.40. The molecule has 0 spiro atoms. The zero-order valence-electron chi connectivity index (χ0n) is 13.0. The zero-order valence-corrected chi connectivity index (χ0v) is 13.8. The minimum Gasteiger partial charge on any atom is -0.361 e. The SMILES string of the molecule is Cc1noc(C)c1C(C)NS(=O)(=O)CCCCNC1CC1. The van der Waals surface area contributed by atoms with Crippen molar-refractivity contribution in [1.29, 1.82) is 0 Å². The van der Waals surface area contributed by atoms with Gasteiger partial charge in [0.15, 0.2) is 0 Å². The van der Waals surface area contributed by atoms with Gasteiger partial charge in [-0.1, -0.05) is 5.16 Å². The average molecular weight is 315 g/mol. The largest absolute Gasteiger partial charge is 0.361 e. The highest BCUT2D eigenvalue weighted by Crippen LogP contribution is 2.21. The van der Waals surface area contributed by atoms with Crippen molar-refractivity contribution >= 4 is 10.0 Å². The number of unbranched alkanes of at least 4 members (excludes halogenated alkanes) is 1. The van der Waals surface area contributed by atoms with Crippen LogP contribution >= 0.6 is 0 Å². The topological polar surface area (TPSA) is 84.2 Å². The molecule has 0 bridgehead atoms. The molecule has 2 N–H and O–H groups in total. The minimum absolute atomic E-state index is 0.160. The number of nitrogens with zero attached hydrogens (tertiary/aromatic N) is 1. The Bertz CT molecular complexity index is 545. The van der Waals surface area contributed by atoms with E-state index < -0.39 is 10.0 Å². The van der Waals surface area contributed by atoms with E-state index in [4.69, 9.17) is 4.52 Å². The fourth-order valence-electron chi connectivity index (χ4n) is 2.51. The van der Waals surface area contributed by atoms with Crippen molar-refractivity contribution in [2.45, 2.75) is 58.5 Å². The number of rotatable bonds is 9. The van der Waals surface area contributed by atoms with Crippen LogP contribution in [0.5, 0.6) is 0 Å². The summed E-state index contributed by atoms with van der Waals surface area (Å²) < 4.78 is 32.0. The maximum atomic E-state index is 12.1. The maximum absolute atomic E-state index is 12.1. The molecule has 0 saturated heterocycles. The van der Waals surface area contributed by atoms with Crippen LogP contribution in [0.1, 0.15) is 55.7 Å². The van der Waals surface area contributed by atoms with Crippen LogP contribution in [-0.2, 0) is 10.0 Å². The van der Waals surface area contributed by atoms with Crippen LogP contribution in [0.4, 0.5) is 0 Å². The standard InChI is InChI=1S/C14H25N3O3S/c1-10-14(12(3)20-16-10)11(2)17-21(18,19)9-5-4-8-15-13-6-7-13/h11,13,15,17H,4-9H2,1-3H3. The first-order valence-corrected chi connectivity index (χ1v) is 9.20. The van der Waals surface area contributed by atoms with Crippen LogP contribution in [0.2, 0.25) is 0 Å². The second-order valence-electron chi connectivity index (χ2n) is 5.83. The molecular weight excluding hydrogens is 290 g/mol. The molecule has 1 aromatic rings. The van der Waals surface area contributed by atoms with Crippen LogP contribution in [-0.4, -0.2) is 31.9 Å². The summed E-state index contributed by atoms with van der Waals surface area (Å²) in [7, 11) is -3.27. The minimum atomic E-state index is -3.27. The Labute approximate surface area is 126 Å². The quantitative estimate of drug-likeness (QED) is 0.679. The number of hydrogen-bond donors (Lipinski definition) is 2. The molecule has 1 aliphatic rings. The molecule has 1 heterocycles. The molecule has 1 fully saturated rings. The van der Waals surface area contributed by atoms with E-state index in [1.165, 1.54) is 12.8 Å². The Morgan fingerprint density at radius 1 is 1.33 bits per heavy atom. The maximum Gasteiger partial charge on any atom is 0.212 e. The molecule has 0 amide bonds. The van der Waals surface area contributed by atoms with Gasteiger partial charge in [-0.2, -0.15) is 0 Å². The van der Waals surface area contributed by atoms with Crippen molar-refractivity contribution in [1.82, 2.24) is 15.2 Å². The van der Waals surface area contributed by atoms with E-state index in [0.29, 0.717) is 18.2 Å². The molecule has 1 aliphatic carbocycles. The van der Waals surface area contributed by atoms with Gasteiger partial charge in [-0.25, -0.2) is 13.1 Å². The summed E-state index contributed by atoms with van der Waals surface area (Å²) in [4.78, 5) is 0. The highest BCUT2D eigenvalue weighted by Gasteiger charge is 2.22. The molecule has 0 aliphatic heterocycles. The van der Waals surface area contributed by atoms with Gasteiger partial charge in [0, 0.05) is 17.6 Å². The molecule has 0 radical (unpaired) electrons. The second kappa shape index (κ2) is 6.89. The van der Waals surface area contributed by atoms with Gasteiger partial charge in [0.1, 0.15) is 5.76 Å². The third-order valence-corrected chi connectivity index (χ3v) is 5.27. The molecule has 21 heavy (non-hydrogen) atoms. The first-order valence-electron chi connectivity index (χ1n) is 7.55. The summed E-state index contributed by atoms with van der Waals surface area (Å²) in [6.07, 6.45) is 4.07. The summed E-state index contributed by atoms with van der Waals surface area (Å²) >= 11 is 0. The van der Waals surface area contributed by atoms with Crippen molar-refractivity contribution in [2.75, 3.05) is 12.3 Å². The summed E-state index contributed by atoms with van der Waals surface area (Å²) in [5.74, 6) is 0.823. The van der Waals surface area contributed by atoms with Gasteiger partial charge in [-0.15, -0.1) is 0 Å². The Morgan fingerprint density at radius 2 is 2.05 bits per heavy atom. The number of sulfonamides is 1. The Balaban J connectivity index is 1.76. The highest BCUT2D eigenvalue weighted by molar-refractivity contribution is 7.89. The molecule has 1 atom stereocenters. The number of aromatic nitrogens is 1. The van der Waals surface area contributed by atoms with E-state index in [1.807, 2.05) is 13.8 Å². The number of hydrogen-bond acceptors (Lipinski definition) is 5. The van der Waals surface area contributed by atoms with E-state index in [2.05, 4.69) is 15.2 Å². The van der Waals surface area contributed by atoms with E-state index in [1.54, 1.807) is 6.92 Å². The fraction of sp³-hybridized carbons (Fsp3) is 0.786. The van der Waals surface area contributed by atoms with Crippen LogP contribution in [0.15, 0.2) is 4.52 Å². The fourth-order valence-corrected chi connectivity index (χ4v) is 3.86. The lowest BCUT2D eigenvalue weighted by molar-refractivity contribution is 0.391. The first-order chi connectivity index (χ1) is 9.89. The third kappa shape index (κ3) is 5.09. The van der Waals surface area contributed by atoms with E-state index in [-0.39, 0.29) is 11.8 Å². The molecule has 7 heteroatoms. The van der Waals surface area contributed by atoms with Crippen LogP contribution in [0, 0.1) is 13.8 Å². The van der Waals surface area contributed by atoms with Gasteiger partial charge in [0.25, 0.3) is 0 Å². The molecule has 1 saturated carbocycles. The van der Waals surface area contributed by atoms with Crippen molar-refractivity contribution in [3.05, 3.63) is 17.0 Å². The van der Waals surface area contributed by atoms with E-state index in [9.17, 15) is 8.42 Å². The predicted octanol–water partition coefficient (Wildman–Crippen LogP) is 1.80. The monoisotopic (exact) mass is 315 g/mol. The van der Waals surface area contributed by atoms with Gasteiger partial charge in [0.05, 0.1) is 11.4 Å². The van der Waals surface area contributed by atoms with Crippen LogP contribution < -0.4 is 10.0 Å².